The van der Waals surface area contributed by atoms with Gasteiger partial charge < -0.3 is 5.11 Å². The number of rotatable bonds is 4. The number of hydrogen-bond acceptors (Lipinski definition) is 1. The van der Waals surface area contributed by atoms with Crippen molar-refractivity contribution >= 4 is 5.57 Å². The molecule has 1 atom stereocenters. The molecule has 0 aliphatic heterocycles. The van der Waals surface area contributed by atoms with E-state index in [-0.39, 0.29) is 6.10 Å². The Morgan fingerprint density at radius 3 is 2.94 bits per heavy atom. The summed E-state index contributed by atoms with van der Waals surface area (Å²) in [7, 11) is 0. The van der Waals surface area contributed by atoms with Crippen LogP contribution in [0.15, 0.2) is 30.3 Å². The fourth-order valence-electron chi connectivity index (χ4n) is 2.38. The smallest absolute Gasteiger partial charge is 0.0792 e. The van der Waals surface area contributed by atoms with Crippen molar-refractivity contribution in [2.75, 3.05) is 0 Å². The Morgan fingerprint density at radius 1 is 1.31 bits per heavy atom. The van der Waals surface area contributed by atoms with Crippen LogP contribution in [0.2, 0.25) is 0 Å². The monoisotopic (exact) mass is 216 g/mol. The van der Waals surface area contributed by atoms with Crippen LogP contribution in [0.5, 0.6) is 0 Å². The first-order valence-electron chi connectivity index (χ1n) is 6.29. The van der Waals surface area contributed by atoms with Gasteiger partial charge >= 0.3 is 0 Å². The molecule has 1 nitrogen and oxygen atoms in total. The van der Waals surface area contributed by atoms with E-state index in [1.165, 1.54) is 11.1 Å². The van der Waals surface area contributed by atoms with E-state index in [0.29, 0.717) is 0 Å². The number of aryl methyl sites for hydroxylation is 1. The molecule has 0 radical (unpaired) electrons. The van der Waals surface area contributed by atoms with Crippen molar-refractivity contribution in [3.63, 3.8) is 0 Å². The highest BCUT2D eigenvalue weighted by molar-refractivity contribution is 5.72. The van der Waals surface area contributed by atoms with E-state index >= 15 is 0 Å². The zero-order valence-corrected chi connectivity index (χ0v) is 9.95. The van der Waals surface area contributed by atoms with Crippen LogP contribution in [0.25, 0.3) is 5.57 Å². The summed E-state index contributed by atoms with van der Waals surface area (Å²) in [5.74, 6) is 0. The Balaban J connectivity index is 2.19. The van der Waals surface area contributed by atoms with Gasteiger partial charge in [0, 0.05) is 0 Å². The predicted molar refractivity (Wildman–Crippen MR) is 68.3 cm³/mol. The number of unbranched alkanes of at least 4 members (excludes halogenated alkanes) is 1. The van der Waals surface area contributed by atoms with E-state index in [9.17, 15) is 5.11 Å². The van der Waals surface area contributed by atoms with Gasteiger partial charge in [0.25, 0.3) is 0 Å². The zero-order chi connectivity index (χ0) is 11.4. The second kappa shape index (κ2) is 5.31. The van der Waals surface area contributed by atoms with Gasteiger partial charge in [-0.1, -0.05) is 50.1 Å². The van der Waals surface area contributed by atoms with Gasteiger partial charge in [-0.05, 0) is 36.0 Å². The van der Waals surface area contributed by atoms with Gasteiger partial charge in [-0.15, -0.1) is 0 Å². The molecule has 2 rings (SSSR count). The maximum Gasteiger partial charge on any atom is 0.0792 e. The third-order valence-corrected chi connectivity index (χ3v) is 3.30. The molecule has 0 spiro atoms. The number of fused-ring (bicyclic) bond motifs is 1. The van der Waals surface area contributed by atoms with E-state index in [1.54, 1.807) is 0 Å². The molecule has 0 saturated carbocycles. The topological polar surface area (TPSA) is 20.2 Å². The lowest BCUT2D eigenvalue weighted by atomic mass is 9.86. The van der Waals surface area contributed by atoms with Crippen LogP contribution < -0.4 is 0 Å². The zero-order valence-electron chi connectivity index (χ0n) is 9.95. The first-order chi connectivity index (χ1) is 7.83. The Morgan fingerprint density at radius 2 is 2.12 bits per heavy atom. The quantitative estimate of drug-likeness (QED) is 0.815. The van der Waals surface area contributed by atoms with Gasteiger partial charge in [0.2, 0.25) is 0 Å². The van der Waals surface area contributed by atoms with Crippen molar-refractivity contribution < 1.29 is 5.11 Å². The molecule has 0 fully saturated rings. The molecule has 0 saturated heterocycles. The van der Waals surface area contributed by atoms with Crippen molar-refractivity contribution in [2.24, 2.45) is 0 Å². The van der Waals surface area contributed by atoms with E-state index < -0.39 is 0 Å². The standard InChI is InChI=1S/C15H20O/c1-2-3-11-15(16)14-10-6-8-12-7-4-5-9-13(12)14/h4-5,7,9-10,15-16H,2-3,6,8,11H2,1H3. The molecule has 1 unspecified atom stereocenters. The lowest BCUT2D eigenvalue weighted by Crippen LogP contribution is -2.13. The van der Waals surface area contributed by atoms with Gasteiger partial charge in [-0.25, -0.2) is 0 Å². The minimum Gasteiger partial charge on any atom is -0.388 e. The number of aliphatic hydroxyl groups is 1. The van der Waals surface area contributed by atoms with Crippen molar-refractivity contribution in [1.82, 2.24) is 0 Å². The van der Waals surface area contributed by atoms with Gasteiger partial charge in [0.15, 0.2) is 0 Å². The van der Waals surface area contributed by atoms with Gasteiger partial charge in [-0.3, -0.25) is 0 Å². The third-order valence-electron chi connectivity index (χ3n) is 3.30. The van der Waals surface area contributed by atoms with Crippen LogP contribution in [0.4, 0.5) is 0 Å². The average molecular weight is 216 g/mol. The second-order valence-corrected chi connectivity index (χ2v) is 4.51. The van der Waals surface area contributed by atoms with Crippen LogP contribution >= 0.6 is 0 Å². The summed E-state index contributed by atoms with van der Waals surface area (Å²) in [5.41, 5.74) is 3.79. The maximum atomic E-state index is 10.2. The molecule has 1 aromatic rings. The highest BCUT2D eigenvalue weighted by atomic mass is 16.3. The summed E-state index contributed by atoms with van der Waals surface area (Å²) in [6.45, 7) is 2.16. The van der Waals surface area contributed by atoms with Gasteiger partial charge in [0.05, 0.1) is 6.10 Å². The molecule has 1 heteroatoms. The number of hydrogen-bond donors (Lipinski definition) is 1. The minimum atomic E-state index is -0.276. The predicted octanol–water partition coefficient (Wildman–Crippen LogP) is 3.57. The van der Waals surface area contributed by atoms with Crippen LogP contribution in [0.1, 0.15) is 43.7 Å². The van der Waals surface area contributed by atoms with Crippen LogP contribution in [-0.4, -0.2) is 11.2 Å². The number of benzene rings is 1. The van der Waals surface area contributed by atoms with E-state index in [1.807, 2.05) is 0 Å². The molecule has 86 valence electrons. The minimum absolute atomic E-state index is 0.276. The van der Waals surface area contributed by atoms with Crippen molar-refractivity contribution in [3.8, 4) is 0 Å². The fourth-order valence-corrected chi connectivity index (χ4v) is 2.38. The van der Waals surface area contributed by atoms with E-state index in [0.717, 1.165) is 37.7 Å². The normalized spacial score (nSPS) is 16.5. The van der Waals surface area contributed by atoms with Crippen LogP contribution in [-0.2, 0) is 6.42 Å². The van der Waals surface area contributed by atoms with E-state index in [2.05, 4.69) is 37.3 Å². The molecule has 0 bridgehead atoms. The molecule has 0 amide bonds. The molecule has 1 aliphatic rings. The van der Waals surface area contributed by atoms with Gasteiger partial charge in [-0.2, -0.15) is 0 Å². The fraction of sp³-hybridized carbons (Fsp3) is 0.467. The first kappa shape index (κ1) is 11.4. The SMILES string of the molecule is CCCCC(O)C1=CCCc2ccccc21. The summed E-state index contributed by atoms with van der Waals surface area (Å²) in [6.07, 6.45) is 7.24. The molecule has 0 aromatic heterocycles. The first-order valence-corrected chi connectivity index (χ1v) is 6.29. The summed E-state index contributed by atoms with van der Waals surface area (Å²) in [6, 6.07) is 8.45. The van der Waals surface area contributed by atoms with Crippen molar-refractivity contribution in [2.45, 2.75) is 45.1 Å². The Bertz CT molecular complexity index is 379. The Kier molecular flexibility index (Phi) is 3.79. The van der Waals surface area contributed by atoms with Crippen LogP contribution in [0, 0.1) is 0 Å². The highest BCUT2D eigenvalue weighted by Crippen LogP contribution is 2.30. The third kappa shape index (κ3) is 2.35. The summed E-state index contributed by atoms with van der Waals surface area (Å²) < 4.78 is 0. The molecular formula is C15H20O. The Hall–Kier alpha value is -1.08. The lowest BCUT2D eigenvalue weighted by molar-refractivity contribution is 0.217. The summed E-state index contributed by atoms with van der Waals surface area (Å²) >= 11 is 0. The Labute approximate surface area is 97.8 Å². The molecule has 1 aromatic carbocycles. The van der Waals surface area contributed by atoms with E-state index in [4.69, 9.17) is 0 Å². The average Bonchev–Trinajstić information content (AvgIpc) is 2.35. The molecule has 1 aliphatic carbocycles. The molecule has 1 N–H and O–H groups in total. The maximum absolute atomic E-state index is 10.2. The highest BCUT2D eigenvalue weighted by Gasteiger charge is 2.17. The molecule has 16 heavy (non-hydrogen) atoms. The number of allylic oxidation sites excluding steroid dienone is 1. The summed E-state index contributed by atoms with van der Waals surface area (Å²) in [5, 5.41) is 10.2. The molecular weight excluding hydrogens is 196 g/mol. The molecule has 0 heterocycles. The lowest BCUT2D eigenvalue weighted by Gasteiger charge is -2.21. The largest absolute Gasteiger partial charge is 0.388 e. The van der Waals surface area contributed by atoms with Crippen molar-refractivity contribution in [3.05, 3.63) is 41.5 Å². The summed E-state index contributed by atoms with van der Waals surface area (Å²) in [4.78, 5) is 0. The second-order valence-electron chi connectivity index (χ2n) is 4.51. The number of aliphatic hydroxyl groups excluding tert-OH is 1. The van der Waals surface area contributed by atoms with Crippen molar-refractivity contribution in [1.29, 1.82) is 0 Å². The van der Waals surface area contributed by atoms with Crippen LogP contribution in [0.3, 0.4) is 0 Å². The van der Waals surface area contributed by atoms with Gasteiger partial charge in [0.1, 0.15) is 0 Å².